The Labute approximate surface area is 182 Å². The van der Waals surface area contributed by atoms with Crippen molar-refractivity contribution in [2.24, 2.45) is 0 Å². The van der Waals surface area contributed by atoms with Gasteiger partial charge in [-0.25, -0.2) is 8.42 Å². The summed E-state index contributed by atoms with van der Waals surface area (Å²) < 4.78 is 32.8. The number of morpholine rings is 1. The van der Waals surface area contributed by atoms with E-state index in [1.807, 2.05) is 26.8 Å². The van der Waals surface area contributed by atoms with Crippen molar-refractivity contribution in [3.8, 4) is 0 Å². The number of nitrogens with one attached hydrogen (secondary N) is 2. The van der Waals surface area contributed by atoms with Gasteiger partial charge >= 0.3 is 0 Å². The topological polar surface area (TPSA) is 87.7 Å². The third-order valence-electron chi connectivity index (χ3n) is 4.80. The first-order valence-electron chi connectivity index (χ1n) is 9.70. The second-order valence-electron chi connectivity index (χ2n) is 7.46. The number of nitrogens with zero attached hydrogens (tertiary/aromatic N) is 1. The molecule has 0 aliphatic carbocycles. The summed E-state index contributed by atoms with van der Waals surface area (Å²) in [4.78, 5) is 12.4. The van der Waals surface area contributed by atoms with Crippen molar-refractivity contribution in [1.29, 1.82) is 0 Å². The number of anilines is 2. The number of carbonyl (C=O) groups is 1. The van der Waals surface area contributed by atoms with E-state index in [-0.39, 0.29) is 29.6 Å². The lowest BCUT2D eigenvalue weighted by Gasteiger charge is -2.34. The Balaban J connectivity index is 1.61. The highest BCUT2D eigenvalue weighted by atomic mass is 35.5. The van der Waals surface area contributed by atoms with Gasteiger partial charge < -0.3 is 15.4 Å². The molecule has 162 valence electrons. The average Bonchev–Trinajstić information content (AvgIpc) is 2.68. The molecule has 9 heteroatoms. The Morgan fingerprint density at radius 1 is 1.13 bits per heavy atom. The van der Waals surface area contributed by atoms with Crippen LogP contribution >= 0.6 is 11.6 Å². The van der Waals surface area contributed by atoms with Crippen molar-refractivity contribution < 1.29 is 17.9 Å². The van der Waals surface area contributed by atoms with Crippen LogP contribution in [0.5, 0.6) is 0 Å². The zero-order valence-corrected chi connectivity index (χ0v) is 18.8. The molecule has 0 saturated carbocycles. The largest absolute Gasteiger partial charge is 0.376 e. The number of aryl methyl sites for hydroxylation is 1. The van der Waals surface area contributed by atoms with Gasteiger partial charge in [-0.05, 0) is 62.7 Å². The first-order chi connectivity index (χ1) is 14.1. The van der Waals surface area contributed by atoms with Gasteiger partial charge in [-0.1, -0.05) is 17.7 Å². The van der Waals surface area contributed by atoms with E-state index in [0.29, 0.717) is 23.8 Å². The lowest BCUT2D eigenvalue weighted by molar-refractivity contribution is -0.114. The minimum absolute atomic E-state index is 0.0603. The van der Waals surface area contributed by atoms with Crippen molar-refractivity contribution in [3.05, 3.63) is 53.1 Å². The highest BCUT2D eigenvalue weighted by Crippen LogP contribution is 2.23. The number of benzene rings is 2. The van der Waals surface area contributed by atoms with Crippen LogP contribution in [0.25, 0.3) is 0 Å². The molecule has 1 saturated heterocycles. The molecule has 2 unspecified atom stereocenters. The van der Waals surface area contributed by atoms with Crippen LogP contribution in [-0.2, 0) is 19.6 Å². The number of sulfonamides is 1. The van der Waals surface area contributed by atoms with Gasteiger partial charge in [0.05, 0.1) is 23.6 Å². The molecule has 1 heterocycles. The fourth-order valence-electron chi connectivity index (χ4n) is 3.35. The number of carbonyl (C=O) groups excluding carboxylic acids is 1. The van der Waals surface area contributed by atoms with Gasteiger partial charge in [-0.3, -0.25) is 4.79 Å². The van der Waals surface area contributed by atoms with Crippen LogP contribution in [0.3, 0.4) is 0 Å². The molecule has 2 N–H and O–H groups in total. The van der Waals surface area contributed by atoms with E-state index in [9.17, 15) is 13.2 Å². The molecule has 2 atom stereocenters. The van der Waals surface area contributed by atoms with E-state index >= 15 is 0 Å². The summed E-state index contributed by atoms with van der Waals surface area (Å²) in [5.41, 5.74) is 2.29. The molecule has 0 radical (unpaired) electrons. The molecule has 1 fully saturated rings. The Bertz CT molecular complexity index is 1000. The molecule has 1 amide bonds. The van der Waals surface area contributed by atoms with Crippen LogP contribution in [0.1, 0.15) is 19.4 Å². The maximum atomic E-state index is 12.9. The van der Waals surface area contributed by atoms with E-state index in [1.54, 1.807) is 24.3 Å². The molecular formula is C21H26ClN3O4S. The molecule has 0 aromatic heterocycles. The second kappa shape index (κ2) is 9.34. The van der Waals surface area contributed by atoms with Crippen molar-refractivity contribution >= 4 is 38.9 Å². The van der Waals surface area contributed by atoms with Crippen molar-refractivity contribution in [2.45, 2.75) is 37.9 Å². The summed E-state index contributed by atoms with van der Waals surface area (Å²) in [6.45, 7) is 6.33. The Hall–Kier alpha value is -2.13. The molecule has 30 heavy (non-hydrogen) atoms. The Kier molecular flexibility index (Phi) is 7.02. The number of hydrogen-bond donors (Lipinski definition) is 2. The fraction of sp³-hybridized carbons (Fsp3) is 0.381. The van der Waals surface area contributed by atoms with Gasteiger partial charge in [-0.2, -0.15) is 4.31 Å². The zero-order valence-electron chi connectivity index (χ0n) is 17.2. The average molecular weight is 452 g/mol. The number of hydrogen-bond acceptors (Lipinski definition) is 5. The first-order valence-corrected chi connectivity index (χ1v) is 11.5. The van der Waals surface area contributed by atoms with E-state index in [4.69, 9.17) is 16.3 Å². The van der Waals surface area contributed by atoms with Gasteiger partial charge in [0, 0.05) is 29.5 Å². The van der Waals surface area contributed by atoms with Crippen LogP contribution in [0, 0.1) is 6.92 Å². The number of rotatable bonds is 6. The molecule has 1 aliphatic heterocycles. The van der Waals surface area contributed by atoms with Gasteiger partial charge in [0.25, 0.3) is 0 Å². The van der Waals surface area contributed by atoms with Gasteiger partial charge in [0.2, 0.25) is 15.9 Å². The molecular weight excluding hydrogens is 426 g/mol. The van der Waals surface area contributed by atoms with Gasteiger partial charge in [0.15, 0.2) is 0 Å². The van der Waals surface area contributed by atoms with Gasteiger partial charge in [-0.15, -0.1) is 0 Å². The van der Waals surface area contributed by atoms with Crippen LogP contribution in [-0.4, -0.2) is 50.5 Å². The van der Waals surface area contributed by atoms with E-state index < -0.39 is 10.0 Å². The Morgan fingerprint density at radius 3 is 2.40 bits per heavy atom. The normalized spacial score (nSPS) is 20.0. The lowest BCUT2D eigenvalue weighted by atomic mass is 10.2. The molecule has 0 bridgehead atoms. The molecule has 7 nitrogen and oxygen atoms in total. The van der Waals surface area contributed by atoms with Crippen molar-refractivity contribution in [3.63, 3.8) is 0 Å². The van der Waals surface area contributed by atoms with E-state index in [1.165, 1.54) is 16.4 Å². The summed E-state index contributed by atoms with van der Waals surface area (Å²) in [5, 5.41) is 6.39. The number of halogens is 1. The van der Waals surface area contributed by atoms with E-state index in [0.717, 1.165) is 11.3 Å². The second-order valence-corrected chi connectivity index (χ2v) is 9.84. The third-order valence-corrected chi connectivity index (χ3v) is 6.88. The first kappa shape index (κ1) is 22.6. The molecule has 0 spiro atoms. The van der Waals surface area contributed by atoms with Crippen molar-refractivity contribution in [2.75, 3.05) is 30.3 Å². The highest BCUT2D eigenvalue weighted by molar-refractivity contribution is 7.89. The van der Waals surface area contributed by atoms with E-state index in [2.05, 4.69) is 10.6 Å². The standard InChI is InChI=1S/C21H26ClN3O4S/c1-14-4-5-17(22)10-20(14)23-11-21(26)24-18-6-8-19(9-7-18)30(27,28)25-12-15(2)29-16(3)13-25/h4-10,15-16,23H,11-13H2,1-3H3,(H,24,26). The molecule has 2 aromatic carbocycles. The molecule has 3 rings (SSSR count). The monoisotopic (exact) mass is 451 g/mol. The predicted molar refractivity (Wildman–Crippen MR) is 119 cm³/mol. The summed E-state index contributed by atoms with van der Waals surface area (Å²) in [6.07, 6.45) is -0.310. The third kappa shape index (κ3) is 5.51. The summed E-state index contributed by atoms with van der Waals surface area (Å²) in [6, 6.07) is 11.6. The molecule has 1 aliphatic rings. The van der Waals surface area contributed by atoms with Crippen molar-refractivity contribution in [1.82, 2.24) is 4.31 Å². The van der Waals surface area contributed by atoms with Gasteiger partial charge in [0.1, 0.15) is 0 Å². The van der Waals surface area contributed by atoms with Crippen LogP contribution in [0.15, 0.2) is 47.4 Å². The summed E-state index contributed by atoms with van der Waals surface area (Å²) in [7, 11) is -3.61. The maximum Gasteiger partial charge on any atom is 0.243 e. The minimum atomic E-state index is -3.61. The van der Waals surface area contributed by atoms with Crippen LogP contribution in [0.2, 0.25) is 5.02 Å². The number of ether oxygens (including phenoxy) is 1. The SMILES string of the molecule is Cc1ccc(Cl)cc1NCC(=O)Nc1ccc(S(=O)(=O)N2CC(C)OC(C)C2)cc1. The summed E-state index contributed by atoms with van der Waals surface area (Å²) >= 11 is 5.99. The van der Waals surface area contributed by atoms with Crippen LogP contribution < -0.4 is 10.6 Å². The fourth-order valence-corrected chi connectivity index (χ4v) is 5.11. The highest BCUT2D eigenvalue weighted by Gasteiger charge is 2.32. The Morgan fingerprint density at radius 2 is 1.77 bits per heavy atom. The maximum absolute atomic E-state index is 12.9. The van der Waals surface area contributed by atoms with Crippen LogP contribution in [0.4, 0.5) is 11.4 Å². The quantitative estimate of drug-likeness (QED) is 0.701. The smallest absolute Gasteiger partial charge is 0.243 e. The minimum Gasteiger partial charge on any atom is -0.376 e. The summed E-state index contributed by atoms with van der Waals surface area (Å²) in [5.74, 6) is -0.249. The number of amides is 1. The predicted octanol–water partition coefficient (Wildman–Crippen LogP) is 3.50. The zero-order chi connectivity index (χ0) is 21.9. The molecule has 2 aromatic rings. The lowest BCUT2D eigenvalue weighted by Crippen LogP contribution is -2.48.